The van der Waals surface area contributed by atoms with E-state index in [0.717, 1.165) is 16.9 Å². The molecule has 138 valence electrons. The van der Waals surface area contributed by atoms with Crippen LogP contribution in [-0.4, -0.2) is 37.3 Å². The number of aryl methyl sites for hydroxylation is 1. The fourth-order valence-corrected chi connectivity index (χ4v) is 2.38. The quantitative estimate of drug-likeness (QED) is 0.639. The normalized spacial score (nSPS) is 10.3. The predicted molar refractivity (Wildman–Crippen MR) is 97.4 cm³/mol. The first-order chi connectivity index (χ1) is 12.6. The highest BCUT2D eigenvalue weighted by Gasteiger charge is 2.07. The number of para-hydroxylation sites is 1. The van der Waals surface area contributed by atoms with Gasteiger partial charge in [-0.1, -0.05) is 30.3 Å². The van der Waals surface area contributed by atoms with Gasteiger partial charge in [-0.05, 0) is 30.2 Å². The number of hydrogen-bond acceptors (Lipinski definition) is 4. The average Bonchev–Trinajstić information content (AvgIpc) is 2.66. The van der Waals surface area contributed by atoms with E-state index in [2.05, 4.69) is 5.32 Å². The Bertz CT molecular complexity index is 727. The molecule has 6 nitrogen and oxygen atoms in total. The number of methoxy groups -OCH3 is 1. The Morgan fingerprint density at radius 1 is 1.04 bits per heavy atom. The van der Waals surface area contributed by atoms with Gasteiger partial charge in [-0.2, -0.15) is 0 Å². The smallest absolute Gasteiger partial charge is 0.335 e. The molecule has 2 rings (SSSR count). The Kier molecular flexibility index (Phi) is 7.64. The lowest BCUT2D eigenvalue weighted by Crippen LogP contribution is -2.23. The Hall–Kier alpha value is -2.86. The minimum atomic E-state index is -0.958. The molecule has 0 heterocycles. The Labute approximate surface area is 152 Å². The van der Waals surface area contributed by atoms with E-state index in [-0.39, 0.29) is 11.5 Å². The lowest BCUT2D eigenvalue weighted by molar-refractivity contribution is -0.121. The molecule has 1 amide bonds. The summed E-state index contributed by atoms with van der Waals surface area (Å²) in [6, 6.07) is 14.1. The van der Waals surface area contributed by atoms with Crippen molar-refractivity contribution in [2.45, 2.75) is 19.4 Å². The van der Waals surface area contributed by atoms with Crippen molar-refractivity contribution < 1.29 is 24.2 Å². The van der Waals surface area contributed by atoms with Gasteiger partial charge in [-0.25, -0.2) is 4.79 Å². The van der Waals surface area contributed by atoms with Crippen molar-refractivity contribution in [1.82, 2.24) is 5.32 Å². The molecule has 2 aromatic carbocycles. The van der Waals surface area contributed by atoms with Gasteiger partial charge in [0.25, 0.3) is 0 Å². The monoisotopic (exact) mass is 357 g/mol. The van der Waals surface area contributed by atoms with E-state index in [1.54, 1.807) is 31.4 Å². The number of benzene rings is 2. The minimum Gasteiger partial charge on any atom is -0.491 e. The van der Waals surface area contributed by atoms with Gasteiger partial charge in [0.15, 0.2) is 0 Å². The third kappa shape index (κ3) is 6.22. The number of nitrogens with one attached hydrogen (secondary N) is 1. The van der Waals surface area contributed by atoms with Crippen LogP contribution in [0.2, 0.25) is 0 Å². The SMILES string of the molecule is COCCOc1ccccc1CNC(=O)CCc1ccc(C(=O)O)cc1. The van der Waals surface area contributed by atoms with Crippen LogP contribution in [0.1, 0.15) is 27.9 Å². The summed E-state index contributed by atoms with van der Waals surface area (Å²) in [5, 5.41) is 11.8. The van der Waals surface area contributed by atoms with Crippen LogP contribution in [0.4, 0.5) is 0 Å². The van der Waals surface area contributed by atoms with Crippen LogP contribution in [0.15, 0.2) is 48.5 Å². The van der Waals surface area contributed by atoms with E-state index >= 15 is 0 Å². The van der Waals surface area contributed by atoms with Gasteiger partial charge in [-0.3, -0.25) is 4.79 Å². The molecule has 26 heavy (non-hydrogen) atoms. The highest BCUT2D eigenvalue weighted by atomic mass is 16.5. The molecule has 0 aliphatic rings. The zero-order valence-electron chi connectivity index (χ0n) is 14.7. The molecule has 2 N–H and O–H groups in total. The molecule has 0 atom stereocenters. The van der Waals surface area contributed by atoms with Crippen LogP contribution in [0.3, 0.4) is 0 Å². The summed E-state index contributed by atoms with van der Waals surface area (Å²) in [6.45, 7) is 1.34. The number of ether oxygens (including phenoxy) is 2. The summed E-state index contributed by atoms with van der Waals surface area (Å²) in [4.78, 5) is 22.9. The number of aromatic carboxylic acids is 1. The molecule has 0 unspecified atom stereocenters. The van der Waals surface area contributed by atoms with E-state index in [9.17, 15) is 9.59 Å². The molecule has 0 aliphatic carbocycles. The maximum absolute atomic E-state index is 12.1. The summed E-state index contributed by atoms with van der Waals surface area (Å²) >= 11 is 0. The first-order valence-electron chi connectivity index (χ1n) is 8.38. The highest BCUT2D eigenvalue weighted by Crippen LogP contribution is 2.17. The molecule has 0 fully saturated rings. The lowest BCUT2D eigenvalue weighted by Gasteiger charge is -2.12. The summed E-state index contributed by atoms with van der Waals surface area (Å²) in [7, 11) is 1.62. The fraction of sp³-hybridized carbons (Fsp3) is 0.300. The molecular formula is C20H23NO5. The second kappa shape index (κ2) is 10.2. The molecule has 0 saturated heterocycles. The second-order valence-electron chi connectivity index (χ2n) is 5.73. The van der Waals surface area contributed by atoms with Crippen molar-refractivity contribution >= 4 is 11.9 Å². The number of rotatable bonds is 10. The maximum atomic E-state index is 12.1. The molecular weight excluding hydrogens is 334 g/mol. The van der Waals surface area contributed by atoms with Gasteiger partial charge < -0.3 is 19.9 Å². The van der Waals surface area contributed by atoms with Gasteiger partial charge >= 0.3 is 5.97 Å². The standard InChI is InChI=1S/C20H23NO5/c1-25-12-13-26-18-5-3-2-4-17(18)14-21-19(22)11-8-15-6-9-16(10-7-15)20(23)24/h2-7,9-10H,8,11-14H2,1H3,(H,21,22)(H,23,24). The minimum absolute atomic E-state index is 0.0704. The number of amides is 1. The zero-order chi connectivity index (χ0) is 18.8. The zero-order valence-corrected chi connectivity index (χ0v) is 14.7. The highest BCUT2D eigenvalue weighted by molar-refractivity contribution is 5.87. The van der Waals surface area contributed by atoms with Gasteiger partial charge in [-0.15, -0.1) is 0 Å². The van der Waals surface area contributed by atoms with Crippen molar-refractivity contribution in [2.24, 2.45) is 0 Å². The van der Waals surface area contributed by atoms with Crippen molar-refractivity contribution in [1.29, 1.82) is 0 Å². The summed E-state index contributed by atoms with van der Waals surface area (Å²) < 4.78 is 10.6. The first kappa shape index (κ1) is 19.5. The van der Waals surface area contributed by atoms with E-state index in [4.69, 9.17) is 14.6 Å². The third-order valence-corrected chi connectivity index (χ3v) is 3.84. The van der Waals surface area contributed by atoms with Crippen molar-refractivity contribution in [3.8, 4) is 5.75 Å². The van der Waals surface area contributed by atoms with E-state index < -0.39 is 5.97 Å². The van der Waals surface area contributed by atoms with E-state index in [0.29, 0.717) is 32.6 Å². The van der Waals surface area contributed by atoms with Crippen molar-refractivity contribution in [3.05, 3.63) is 65.2 Å². The van der Waals surface area contributed by atoms with E-state index in [1.165, 1.54) is 0 Å². The Balaban J connectivity index is 1.80. The average molecular weight is 357 g/mol. The summed E-state index contributed by atoms with van der Waals surface area (Å²) in [6.07, 6.45) is 0.886. The number of carboxylic acids is 1. The van der Waals surface area contributed by atoms with Crippen LogP contribution in [0.5, 0.6) is 5.75 Å². The molecule has 0 aromatic heterocycles. The Morgan fingerprint density at radius 2 is 1.77 bits per heavy atom. The Morgan fingerprint density at radius 3 is 2.46 bits per heavy atom. The molecule has 0 bridgehead atoms. The van der Waals surface area contributed by atoms with Gasteiger partial charge in [0.2, 0.25) is 5.91 Å². The van der Waals surface area contributed by atoms with E-state index in [1.807, 2.05) is 24.3 Å². The number of carbonyl (C=O) groups excluding carboxylic acids is 1. The molecule has 0 aliphatic heterocycles. The number of carboxylic acid groups (broad SMARTS) is 1. The molecule has 0 saturated carbocycles. The van der Waals surface area contributed by atoms with Crippen LogP contribution in [0, 0.1) is 0 Å². The number of hydrogen-bond donors (Lipinski definition) is 2. The second-order valence-corrected chi connectivity index (χ2v) is 5.73. The lowest BCUT2D eigenvalue weighted by atomic mass is 10.1. The van der Waals surface area contributed by atoms with Gasteiger partial charge in [0, 0.05) is 25.6 Å². The number of carbonyl (C=O) groups is 2. The van der Waals surface area contributed by atoms with Crippen LogP contribution >= 0.6 is 0 Å². The first-order valence-corrected chi connectivity index (χ1v) is 8.38. The molecule has 2 aromatic rings. The largest absolute Gasteiger partial charge is 0.491 e. The van der Waals surface area contributed by atoms with Gasteiger partial charge in [0.1, 0.15) is 12.4 Å². The molecule has 6 heteroatoms. The van der Waals surface area contributed by atoms with Crippen molar-refractivity contribution in [3.63, 3.8) is 0 Å². The maximum Gasteiger partial charge on any atom is 0.335 e. The van der Waals surface area contributed by atoms with Crippen LogP contribution in [-0.2, 0) is 22.5 Å². The van der Waals surface area contributed by atoms with Crippen molar-refractivity contribution in [2.75, 3.05) is 20.3 Å². The molecule has 0 spiro atoms. The summed E-state index contributed by atoms with van der Waals surface area (Å²) in [5.74, 6) is -0.297. The topological polar surface area (TPSA) is 84.9 Å². The third-order valence-electron chi connectivity index (χ3n) is 3.84. The molecule has 0 radical (unpaired) electrons. The van der Waals surface area contributed by atoms with Gasteiger partial charge in [0.05, 0.1) is 12.2 Å². The fourth-order valence-electron chi connectivity index (χ4n) is 2.38. The van der Waals surface area contributed by atoms with Crippen LogP contribution < -0.4 is 10.1 Å². The van der Waals surface area contributed by atoms with Crippen LogP contribution in [0.25, 0.3) is 0 Å². The predicted octanol–water partition coefficient (Wildman–Crippen LogP) is 2.66. The summed E-state index contributed by atoms with van der Waals surface area (Å²) in [5.41, 5.74) is 2.07.